The highest BCUT2D eigenvalue weighted by Gasteiger charge is 2.36. The van der Waals surface area contributed by atoms with Crippen LogP contribution in [-0.2, 0) is 0 Å². The van der Waals surface area contributed by atoms with Gasteiger partial charge in [0.1, 0.15) is 0 Å². The Kier molecular flexibility index (Phi) is 1.87. The van der Waals surface area contributed by atoms with E-state index in [4.69, 9.17) is 5.73 Å². The number of piperidine rings is 1. The van der Waals surface area contributed by atoms with Crippen molar-refractivity contribution in [1.29, 1.82) is 0 Å². The maximum atomic E-state index is 9.38. The average Bonchev–Trinajstić information content (AvgIpc) is 2.31. The molecule has 3 atom stereocenters. The zero-order valence-electron chi connectivity index (χ0n) is 6.74. The molecular formula is C8H16N2O. The van der Waals surface area contributed by atoms with E-state index in [0.29, 0.717) is 12.1 Å². The molecule has 2 unspecified atom stereocenters. The second-order valence-corrected chi connectivity index (χ2v) is 3.76. The van der Waals surface area contributed by atoms with Crippen LogP contribution in [0.4, 0.5) is 0 Å². The lowest BCUT2D eigenvalue weighted by molar-refractivity contribution is 0.158. The third kappa shape index (κ3) is 1.28. The smallest absolute Gasteiger partial charge is 0.0682 e. The van der Waals surface area contributed by atoms with Crippen molar-refractivity contribution in [2.75, 3.05) is 13.1 Å². The molecule has 0 saturated carbocycles. The van der Waals surface area contributed by atoms with Crippen molar-refractivity contribution >= 4 is 0 Å². The quantitative estimate of drug-likeness (QED) is 0.499. The number of rotatable bonds is 0. The van der Waals surface area contributed by atoms with E-state index in [1.54, 1.807) is 0 Å². The number of hydrogen-bond donors (Lipinski definition) is 2. The van der Waals surface area contributed by atoms with E-state index in [9.17, 15) is 5.11 Å². The highest BCUT2D eigenvalue weighted by Crippen LogP contribution is 2.25. The van der Waals surface area contributed by atoms with E-state index >= 15 is 0 Å². The number of hydrogen-bond acceptors (Lipinski definition) is 3. The molecule has 2 fully saturated rings. The summed E-state index contributed by atoms with van der Waals surface area (Å²) in [6.07, 6.45) is 3.10. The summed E-state index contributed by atoms with van der Waals surface area (Å²) in [7, 11) is 0. The Morgan fingerprint density at radius 3 is 3.00 bits per heavy atom. The van der Waals surface area contributed by atoms with E-state index in [1.165, 1.54) is 6.42 Å². The van der Waals surface area contributed by atoms with Crippen LogP contribution in [0.15, 0.2) is 0 Å². The van der Waals surface area contributed by atoms with Gasteiger partial charge in [-0.05, 0) is 25.8 Å². The lowest BCUT2D eigenvalue weighted by Gasteiger charge is -2.33. The molecule has 2 rings (SSSR count). The molecule has 0 bridgehead atoms. The van der Waals surface area contributed by atoms with E-state index in [0.717, 1.165) is 25.9 Å². The highest BCUT2D eigenvalue weighted by molar-refractivity contribution is 4.94. The van der Waals surface area contributed by atoms with Gasteiger partial charge in [-0.15, -0.1) is 0 Å². The number of aliphatic hydroxyl groups excluding tert-OH is 1. The molecule has 2 aliphatic rings. The number of nitrogens with zero attached hydrogens (tertiary/aromatic N) is 1. The van der Waals surface area contributed by atoms with Crippen LogP contribution in [0.3, 0.4) is 0 Å². The third-order valence-electron chi connectivity index (χ3n) is 2.90. The van der Waals surface area contributed by atoms with Gasteiger partial charge in [-0.1, -0.05) is 0 Å². The van der Waals surface area contributed by atoms with Crippen LogP contribution in [0.25, 0.3) is 0 Å². The third-order valence-corrected chi connectivity index (χ3v) is 2.90. The van der Waals surface area contributed by atoms with Crippen LogP contribution in [0.1, 0.15) is 19.3 Å². The summed E-state index contributed by atoms with van der Waals surface area (Å²) in [6.45, 7) is 1.98. The molecular weight excluding hydrogens is 140 g/mol. The zero-order valence-corrected chi connectivity index (χ0v) is 6.74. The first-order chi connectivity index (χ1) is 5.27. The van der Waals surface area contributed by atoms with E-state index in [2.05, 4.69) is 4.90 Å². The van der Waals surface area contributed by atoms with Crippen LogP contribution in [0.5, 0.6) is 0 Å². The predicted octanol–water partition coefficient (Wildman–Crippen LogP) is -0.457. The van der Waals surface area contributed by atoms with Crippen molar-refractivity contribution in [3.63, 3.8) is 0 Å². The lowest BCUT2D eigenvalue weighted by Crippen LogP contribution is -2.48. The fourth-order valence-electron chi connectivity index (χ4n) is 2.33. The molecule has 0 aromatic carbocycles. The lowest BCUT2D eigenvalue weighted by atomic mass is 9.97. The molecule has 0 amide bonds. The Bertz CT molecular complexity index is 151. The van der Waals surface area contributed by atoms with Gasteiger partial charge >= 0.3 is 0 Å². The summed E-state index contributed by atoms with van der Waals surface area (Å²) in [5.41, 5.74) is 5.93. The molecule has 2 saturated heterocycles. The van der Waals surface area contributed by atoms with Crippen LogP contribution < -0.4 is 5.73 Å². The van der Waals surface area contributed by atoms with Crippen molar-refractivity contribution in [1.82, 2.24) is 4.90 Å². The van der Waals surface area contributed by atoms with Crippen molar-refractivity contribution in [3.8, 4) is 0 Å². The number of aliphatic hydroxyl groups is 1. The second-order valence-electron chi connectivity index (χ2n) is 3.76. The van der Waals surface area contributed by atoms with Crippen LogP contribution >= 0.6 is 0 Å². The van der Waals surface area contributed by atoms with Crippen molar-refractivity contribution in [2.45, 2.75) is 37.5 Å². The molecule has 2 aliphatic heterocycles. The van der Waals surface area contributed by atoms with E-state index in [1.807, 2.05) is 0 Å². The number of nitrogens with two attached hydrogens (primary N) is 1. The minimum atomic E-state index is -0.121. The Balaban J connectivity index is 2.03. The minimum absolute atomic E-state index is 0.121. The summed E-state index contributed by atoms with van der Waals surface area (Å²) < 4.78 is 0. The molecule has 3 heteroatoms. The molecule has 0 spiro atoms. The van der Waals surface area contributed by atoms with E-state index < -0.39 is 0 Å². The summed E-state index contributed by atoms with van der Waals surface area (Å²) in [5, 5.41) is 9.38. The van der Waals surface area contributed by atoms with Crippen LogP contribution in [0, 0.1) is 0 Å². The molecule has 0 aromatic rings. The van der Waals surface area contributed by atoms with Gasteiger partial charge < -0.3 is 10.8 Å². The first-order valence-corrected chi connectivity index (χ1v) is 4.45. The molecule has 0 radical (unpaired) electrons. The van der Waals surface area contributed by atoms with Gasteiger partial charge in [-0.2, -0.15) is 0 Å². The Labute approximate surface area is 67.2 Å². The van der Waals surface area contributed by atoms with Gasteiger partial charge in [0, 0.05) is 18.6 Å². The predicted molar refractivity (Wildman–Crippen MR) is 43.2 cm³/mol. The molecule has 2 heterocycles. The second kappa shape index (κ2) is 2.73. The van der Waals surface area contributed by atoms with Crippen molar-refractivity contribution < 1.29 is 5.11 Å². The van der Waals surface area contributed by atoms with Gasteiger partial charge in [-0.25, -0.2) is 0 Å². The summed E-state index contributed by atoms with van der Waals surface area (Å²) in [4.78, 5) is 2.33. The molecule has 0 aliphatic carbocycles. The number of fused-ring (bicyclic) bond motifs is 1. The standard InChI is InChI=1S/C8H16N2O/c9-7-2-1-3-10-5-6(11)4-8(7)10/h6-8,11H,1-5,9H2/t6-,7?,8?/m0/s1. The monoisotopic (exact) mass is 156 g/mol. The van der Waals surface area contributed by atoms with Gasteiger partial charge in [0.15, 0.2) is 0 Å². The SMILES string of the molecule is NC1CCCN2C[C@@H](O)CC12. The molecule has 64 valence electrons. The van der Waals surface area contributed by atoms with E-state index in [-0.39, 0.29) is 6.10 Å². The first kappa shape index (κ1) is 7.53. The Hall–Kier alpha value is -0.120. The normalized spacial score (nSPS) is 45.8. The van der Waals surface area contributed by atoms with Crippen molar-refractivity contribution in [3.05, 3.63) is 0 Å². The molecule has 0 aromatic heterocycles. The first-order valence-electron chi connectivity index (χ1n) is 4.45. The van der Waals surface area contributed by atoms with Gasteiger partial charge in [0.05, 0.1) is 6.10 Å². The van der Waals surface area contributed by atoms with Crippen molar-refractivity contribution in [2.24, 2.45) is 5.73 Å². The summed E-state index contributed by atoms with van der Waals surface area (Å²) >= 11 is 0. The summed E-state index contributed by atoms with van der Waals surface area (Å²) in [6, 6.07) is 0.777. The Morgan fingerprint density at radius 1 is 1.45 bits per heavy atom. The topological polar surface area (TPSA) is 49.5 Å². The fraction of sp³-hybridized carbons (Fsp3) is 1.00. The average molecular weight is 156 g/mol. The summed E-state index contributed by atoms with van der Waals surface area (Å²) in [5.74, 6) is 0. The maximum absolute atomic E-state index is 9.38. The maximum Gasteiger partial charge on any atom is 0.0682 e. The van der Waals surface area contributed by atoms with Gasteiger partial charge in [0.2, 0.25) is 0 Å². The minimum Gasteiger partial charge on any atom is -0.392 e. The largest absolute Gasteiger partial charge is 0.392 e. The molecule has 3 nitrogen and oxygen atoms in total. The van der Waals surface area contributed by atoms with Gasteiger partial charge in [0.25, 0.3) is 0 Å². The van der Waals surface area contributed by atoms with Crippen LogP contribution in [-0.4, -0.2) is 41.3 Å². The zero-order chi connectivity index (χ0) is 7.84. The fourth-order valence-corrected chi connectivity index (χ4v) is 2.33. The van der Waals surface area contributed by atoms with Gasteiger partial charge in [-0.3, -0.25) is 4.90 Å². The molecule has 3 N–H and O–H groups in total. The highest BCUT2D eigenvalue weighted by atomic mass is 16.3. The molecule has 11 heavy (non-hydrogen) atoms. The van der Waals surface area contributed by atoms with Crippen LogP contribution in [0.2, 0.25) is 0 Å². The Morgan fingerprint density at radius 2 is 2.27 bits per heavy atom.